The zero-order chi connectivity index (χ0) is 13.0. The first-order chi connectivity index (χ1) is 8.68. The molecule has 1 aliphatic heterocycles. The third kappa shape index (κ3) is 2.53. The molecule has 2 rings (SSSR count). The number of hydrogen-bond donors (Lipinski definition) is 3. The Morgan fingerprint density at radius 2 is 2.28 bits per heavy atom. The molecule has 100 valence electrons. The first-order valence-electron chi connectivity index (χ1n) is 6.55. The molecular weight excluding hydrogens is 230 g/mol. The van der Waals surface area contributed by atoms with Crippen LogP contribution in [0, 0.1) is 5.41 Å². The lowest BCUT2D eigenvalue weighted by Crippen LogP contribution is -2.47. The van der Waals surface area contributed by atoms with Gasteiger partial charge in [-0.2, -0.15) is 5.10 Å². The molecule has 3 N–H and O–H groups in total. The number of hydrogen-bond acceptors (Lipinski definition) is 4. The van der Waals surface area contributed by atoms with Crippen LogP contribution in [-0.2, 0) is 4.79 Å². The highest BCUT2D eigenvalue weighted by molar-refractivity contribution is 5.83. The van der Waals surface area contributed by atoms with Crippen LogP contribution >= 0.6 is 0 Å². The average Bonchev–Trinajstić information content (AvgIpc) is 2.93. The van der Waals surface area contributed by atoms with Crippen molar-refractivity contribution < 1.29 is 4.79 Å². The second-order valence-electron chi connectivity index (χ2n) is 4.95. The van der Waals surface area contributed by atoms with E-state index in [1.807, 2.05) is 6.92 Å². The first-order valence-corrected chi connectivity index (χ1v) is 6.55. The predicted molar refractivity (Wildman–Crippen MR) is 67.8 cm³/mol. The Labute approximate surface area is 107 Å². The molecule has 1 amide bonds. The van der Waals surface area contributed by atoms with E-state index >= 15 is 0 Å². The number of aromatic amines is 1. The van der Waals surface area contributed by atoms with E-state index in [0.29, 0.717) is 5.82 Å². The molecule has 0 aliphatic carbocycles. The van der Waals surface area contributed by atoms with Crippen molar-refractivity contribution in [1.29, 1.82) is 0 Å². The molecule has 18 heavy (non-hydrogen) atoms. The molecule has 1 aromatic heterocycles. The number of piperidine rings is 1. The van der Waals surface area contributed by atoms with Gasteiger partial charge in [-0.05, 0) is 39.3 Å². The molecule has 1 atom stereocenters. The number of carbonyl (C=O) groups is 1. The summed E-state index contributed by atoms with van der Waals surface area (Å²) in [5, 5.41) is 12.9. The van der Waals surface area contributed by atoms with Gasteiger partial charge in [-0.3, -0.25) is 9.89 Å². The van der Waals surface area contributed by atoms with E-state index in [4.69, 9.17) is 0 Å². The summed E-state index contributed by atoms with van der Waals surface area (Å²) in [6, 6.07) is -0.127. The molecule has 0 bridgehead atoms. The van der Waals surface area contributed by atoms with Gasteiger partial charge in [0.15, 0.2) is 0 Å². The minimum Gasteiger partial charge on any atom is -0.346 e. The number of amides is 1. The van der Waals surface area contributed by atoms with Crippen LogP contribution in [0.15, 0.2) is 6.33 Å². The van der Waals surface area contributed by atoms with Gasteiger partial charge in [0.1, 0.15) is 12.2 Å². The maximum absolute atomic E-state index is 12.5. The Bertz CT molecular complexity index is 383. The lowest BCUT2D eigenvalue weighted by Gasteiger charge is -2.36. The molecule has 0 saturated carbocycles. The Morgan fingerprint density at radius 3 is 2.83 bits per heavy atom. The predicted octanol–water partition coefficient (Wildman–Crippen LogP) is 0.762. The number of carbonyl (C=O) groups excluding carboxylic acids is 1. The van der Waals surface area contributed by atoms with Crippen molar-refractivity contribution in [2.75, 3.05) is 13.1 Å². The number of nitrogens with zero attached hydrogens (tertiary/aromatic N) is 2. The van der Waals surface area contributed by atoms with Crippen LogP contribution < -0.4 is 10.6 Å². The summed E-state index contributed by atoms with van der Waals surface area (Å²) in [6.07, 6.45) is 4.14. The normalized spacial score (nSPS) is 20.3. The molecular formula is C12H21N5O. The molecule has 0 aromatic carbocycles. The maximum Gasteiger partial charge on any atom is 0.226 e. The molecule has 6 heteroatoms. The quantitative estimate of drug-likeness (QED) is 0.738. The summed E-state index contributed by atoms with van der Waals surface area (Å²) in [5.74, 6) is 0.832. The third-order valence-electron chi connectivity index (χ3n) is 3.91. The van der Waals surface area contributed by atoms with Crippen molar-refractivity contribution in [3.63, 3.8) is 0 Å². The highest BCUT2D eigenvalue weighted by atomic mass is 16.2. The fourth-order valence-electron chi connectivity index (χ4n) is 2.49. The van der Waals surface area contributed by atoms with Crippen LogP contribution in [0.4, 0.5) is 0 Å². The van der Waals surface area contributed by atoms with Crippen molar-refractivity contribution in [1.82, 2.24) is 25.8 Å². The smallest absolute Gasteiger partial charge is 0.226 e. The number of rotatable bonds is 4. The second-order valence-corrected chi connectivity index (χ2v) is 4.95. The topological polar surface area (TPSA) is 82.7 Å². The highest BCUT2D eigenvalue weighted by Crippen LogP contribution is 2.33. The van der Waals surface area contributed by atoms with E-state index in [-0.39, 0.29) is 17.4 Å². The lowest BCUT2D eigenvalue weighted by atomic mass is 9.75. The van der Waals surface area contributed by atoms with Crippen LogP contribution in [0.25, 0.3) is 0 Å². The van der Waals surface area contributed by atoms with Gasteiger partial charge in [-0.25, -0.2) is 4.98 Å². The maximum atomic E-state index is 12.5. The van der Waals surface area contributed by atoms with Crippen molar-refractivity contribution in [3.8, 4) is 0 Å². The highest BCUT2D eigenvalue weighted by Gasteiger charge is 2.38. The van der Waals surface area contributed by atoms with Crippen LogP contribution in [0.5, 0.6) is 0 Å². The summed E-state index contributed by atoms with van der Waals surface area (Å²) < 4.78 is 0. The van der Waals surface area contributed by atoms with Gasteiger partial charge in [-0.15, -0.1) is 0 Å². The molecule has 1 aliphatic rings. The summed E-state index contributed by atoms with van der Waals surface area (Å²) in [7, 11) is 0. The minimum atomic E-state index is -0.223. The molecule has 0 radical (unpaired) electrons. The van der Waals surface area contributed by atoms with E-state index in [9.17, 15) is 4.79 Å². The summed E-state index contributed by atoms with van der Waals surface area (Å²) in [5.41, 5.74) is -0.223. The Kier molecular flexibility index (Phi) is 3.96. The molecule has 1 fully saturated rings. The fraction of sp³-hybridized carbons (Fsp3) is 0.750. The van der Waals surface area contributed by atoms with Crippen molar-refractivity contribution >= 4 is 5.91 Å². The molecule has 1 unspecified atom stereocenters. The Morgan fingerprint density at radius 1 is 1.56 bits per heavy atom. The average molecular weight is 251 g/mol. The minimum absolute atomic E-state index is 0.127. The SMILES string of the molecule is CCC1(C(=O)NC(C)c2ncn[nH]2)CCNCC1. The van der Waals surface area contributed by atoms with E-state index < -0.39 is 0 Å². The summed E-state index contributed by atoms with van der Waals surface area (Å²) in [4.78, 5) is 16.5. The standard InChI is InChI=1S/C12H21N5O/c1-3-12(4-6-13-7-5-12)11(18)16-9(2)10-14-8-15-17-10/h8-9,13H,3-7H2,1-2H3,(H,16,18)(H,14,15,17). The molecule has 2 heterocycles. The Hall–Kier alpha value is -1.43. The van der Waals surface area contributed by atoms with E-state index in [1.165, 1.54) is 6.33 Å². The van der Waals surface area contributed by atoms with E-state index in [0.717, 1.165) is 32.4 Å². The monoisotopic (exact) mass is 251 g/mol. The van der Waals surface area contributed by atoms with Crippen LogP contribution in [-0.4, -0.2) is 34.2 Å². The van der Waals surface area contributed by atoms with Crippen LogP contribution in [0.2, 0.25) is 0 Å². The molecule has 1 saturated heterocycles. The first kappa shape index (κ1) is 13.0. The summed E-state index contributed by atoms with van der Waals surface area (Å²) >= 11 is 0. The van der Waals surface area contributed by atoms with Crippen LogP contribution in [0.3, 0.4) is 0 Å². The van der Waals surface area contributed by atoms with Gasteiger partial charge < -0.3 is 10.6 Å². The van der Waals surface area contributed by atoms with Gasteiger partial charge in [0.25, 0.3) is 0 Å². The van der Waals surface area contributed by atoms with Crippen LogP contribution in [0.1, 0.15) is 45.0 Å². The van der Waals surface area contributed by atoms with Gasteiger partial charge >= 0.3 is 0 Å². The number of nitrogens with one attached hydrogen (secondary N) is 3. The number of aromatic nitrogens is 3. The van der Waals surface area contributed by atoms with Gasteiger partial charge in [0.05, 0.1) is 11.5 Å². The van der Waals surface area contributed by atoms with E-state index in [1.54, 1.807) is 0 Å². The molecule has 6 nitrogen and oxygen atoms in total. The van der Waals surface area contributed by atoms with Gasteiger partial charge in [0.2, 0.25) is 5.91 Å². The zero-order valence-corrected chi connectivity index (χ0v) is 11.0. The second kappa shape index (κ2) is 5.48. The Balaban J connectivity index is 2.01. The summed E-state index contributed by atoms with van der Waals surface area (Å²) in [6.45, 7) is 5.84. The van der Waals surface area contributed by atoms with Crippen molar-refractivity contribution in [3.05, 3.63) is 12.2 Å². The molecule has 0 spiro atoms. The zero-order valence-electron chi connectivity index (χ0n) is 11.0. The number of H-pyrrole nitrogens is 1. The van der Waals surface area contributed by atoms with Gasteiger partial charge in [0, 0.05) is 0 Å². The van der Waals surface area contributed by atoms with E-state index in [2.05, 4.69) is 32.7 Å². The van der Waals surface area contributed by atoms with Gasteiger partial charge in [-0.1, -0.05) is 6.92 Å². The largest absolute Gasteiger partial charge is 0.346 e. The van der Waals surface area contributed by atoms with Crippen molar-refractivity contribution in [2.45, 2.75) is 39.2 Å². The fourth-order valence-corrected chi connectivity index (χ4v) is 2.49. The third-order valence-corrected chi connectivity index (χ3v) is 3.91. The molecule has 1 aromatic rings. The lowest BCUT2D eigenvalue weighted by molar-refractivity contribution is -0.133. The van der Waals surface area contributed by atoms with Crippen molar-refractivity contribution in [2.24, 2.45) is 5.41 Å².